The van der Waals surface area contributed by atoms with Crippen molar-refractivity contribution >= 4 is 0 Å². The van der Waals surface area contributed by atoms with Crippen LogP contribution in [0.3, 0.4) is 0 Å². The van der Waals surface area contributed by atoms with Gasteiger partial charge in [0.15, 0.2) is 11.5 Å². The van der Waals surface area contributed by atoms with Gasteiger partial charge in [-0.25, -0.2) is 0 Å². The zero-order valence-electron chi connectivity index (χ0n) is 12.8. The molecule has 0 amide bonds. The molecule has 1 rings (SSSR count). The summed E-state index contributed by atoms with van der Waals surface area (Å²) in [4.78, 5) is 0. The molecule has 3 heteroatoms. The minimum absolute atomic E-state index is 0.327. The van der Waals surface area contributed by atoms with Crippen molar-refractivity contribution in [3.8, 4) is 11.5 Å². The zero-order chi connectivity index (χ0) is 14.3. The Bertz CT molecular complexity index is 377. The number of methoxy groups -OCH3 is 1. The maximum absolute atomic E-state index is 5.76. The Morgan fingerprint density at radius 3 is 2.47 bits per heavy atom. The van der Waals surface area contributed by atoms with E-state index in [0.717, 1.165) is 24.5 Å². The highest BCUT2D eigenvalue weighted by Crippen LogP contribution is 2.30. The maximum Gasteiger partial charge on any atom is 0.161 e. The molecule has 0 aromatic heterocycles. The van der Waals surface area contributed by atoms with Gasteiger partial charge in [0, 0.05) is 6.04 Å². The minimum atomic E-state index is 0.327. The zero-order valence-corrected chi connectivity index (χ0v) is 12.8. The first kappa shape index (κ1) is 15.8. The number of rotatable bonds is 8. The Kier molecular flexibility index (Phi) is 6.71. The van der Waals surface area contributed by atoms with E-state index in [4.69, 9.17) is 9.47 Å². The lowest BCUT2D eigenvalue weighted by atomic mass is 10.1. The lowest BCUT2D eigenvalue weighted by Gasteiger charge is -2.17. The molecule has 1 aromatic rings. The van der Waals surface area contributed by atoms with Gasteiger partial charge in [-0.2, -0.15) is 0 Å². The van der Waals surface area contributed by atoms with Crippen LogP contribution >= 0.6 is 0 Å². The van der Waals surface area contributed by atoms with Crippen LogP contribution in [0.25, 0.3) is 0 Å². The average molecular weight is 265 g/mol. The second kappa shape index (κ2) is 8.05. The summed E-state index contributed by atoms with van der Waals surface area (Å²) in [5, 5.41) is 3.47. The Hall–Kier alpha value is -1.22. The Morgan fingerprint density at radius 1 is 1.16 bits per heavy atom. The number of ether oxygens (including phenoxy) is 2. The number of benzene rings is 1. The summed E-state index contributed by atoms with van der Waals surface area (Å²) in [7, 11) is 1.69. The predicted molar refractivity (Wildman–Crippen MR) is 80.0 cm³/mol. The normalized spacial score (nSPS) is 12.5. The van der Waals surface area contributed by atoms with Crippen LogP contribution in [0.15, 0.2) is 18.2 Å². The van der Waals surface area contributed by atoms with Gasteiger partial charge in [0.05, 0.1) is 13.7 Å². The van der Waals surface area contributed by atoms with Crippen molar-refractivity contribution in [2.75, 3.05) is 20.3 Å². The summed E-state index contributed by atoms with van der Waals surface area (Å²) in [5.41, 5.74) is 1.22. The Morgan fingerprint density at radius 2 is 1.89 bits per heavy atom. The van der Waals surface area contributed by atoms with Crippen molar-refractivity contribution in [2.45, 2.75) is 40.2 Å². The molecule has 1 atom stereocenters. The third-order valence-corrected chi connectivity index (χ3v) is 2.96. The van der Waals surface area contributed by atoms with Crippen LogP contribution in [-0.2, 0) is 0 Å². The van der Waals surface area contributed by atoms with E-state index in [1.165, 1.54) is 5.56 Å². The SMILES string of the molecule is CCCNC(C)c1ccc(OCC(C)C)c(OC)c1. The quantitative estimate of drug-likeness (QED) is 0.775. The van der Waals surface area contributed by atoms with Crippen LogP contribution < -0.4 is 14.8 Å². The van der Waals surface area contributed by atoms with Crippen LogP contribution in [0, 0.1) is 5.92 Å². The average Bonchev–Trinajstić information content (AvgIpc) is 2.42. The first-order chi connectivity index (χ1) is 9.08. The van der Waals surface area contributed by atoms with Crippen molar-refractivity contribution < 1.29 is 9.47 Å². The molecule has 0 aliphatic carbocycles. The van der Waals surface area contributed by atoms with Crippen molar-refractivity contribution in [1.82, 2.24) is 5.32 Å². The van der Waals surface area contributed by atoms with E-state index < -0.39 is 0 Å². The Labute approximate surface area is 117 Å². The van der Waals surface area contributed by atoms with Gasteiger partial charge in [-0.15, -0.1) is 0 Å². The summed E-state index contributed by atoms with van der Waals surface area (Å²) in [6, 6.07) is 6.49. The molecule has 0 fully saturated rings. The van der Waals surface area contributed by atoms with Crippen LogP contribution in [0.5, 0.6) is 11.5 Å². The molecule has 1 aromatic carbocycles. The third-order valence-electron chi connectivity index (χ3n) is 2.96. The molecule has 19 heavy (non-hydrogen) atoms. The number of nitrogens with one attached hydrogen (secondary N) is 1. The molecule has 1 unspecified atom stereocenters. The van der Waals surface area contributed by atoms with Crippen LogP contribution in [0.1, 0.15) is 45.7 Å². The second-order valence-electron chi connectivity index (χ2n) is 5.29. The van der Waals surface area contributed by atoms with Crippen molar-refractivity contribution in [2.24, 2.45) is 5.92 Å². The van der Waals surface area contributed by atoms with E-state index >= 15 is 0 Å². The molecule has 0 aliphatic heterocycles. The monoisotopic (exact) mass is 265 g/mol. The van der Waals surface area contributed by atoms with Crippen molar-refractivity contribution in [3.05, 3.63) is 23.8 Å². The molecular formula is C16H27NO2. The van der Waals surface area contributed by atoms with E-state index in [-0.39, 0.29) is 0 Å². The van der Waals surface area contributed by atoms with Gasteiger partial charge in [0.2, 0.25) is 0 Å². The molecule has 0 bridgehead atoms. The van der Waals surface area contributed by atoms with E-state index in [9.17, 15) is 0 Å². The predicted octanol–water partition coefficient (Wildman–Crippen LogP) is 3.79. The molecular weight excluding hydrogens is 238 g/mol. The van der Waals surface area contributed by atoms with Crippen LogP contribution in [0.2, 0.25) is 0 Å². The molecule has 0 heterocycles. The smallest absolute Gasteiger partial charge is 0.161 e. The maximum atomic E-state index is 5.76. The Balaban J connectivity index is 2.77. The molecule has 0 saturated carbocycles. The molecule has 1 N–H and O–H groups in total. The topological polar surface area (TPSA) is 30.5 Å². The van der Waals surface area contributed by atoms with Gasteiger partial charge in [-0.3, -0.25) is 0 Å². The lowest BCUT2D eigenvalue weighted by molar-refractivity contribution is 0.256. The third kappa shape index (κ3) is 5.11. The number of hydrogen-bond acceptors (Lipinski definition) is 3. The van der Waals surface area contributed by atoms with E-state index in [0.29, 0.717) is 18.6 Å². The summed E-state index contributed by atoms with van der Waals surface area (Å²) in [5.74, 6) is 2.14. The van der Waals surface area contributed by atoms with Crippen LogP contribution in [0.4, 0.5) is 0 Å². The fourth-order valence-electron chi connectivity index (χ4n) is 1.81. The highest BCUT2D eigenvalue weighted by molar-refractivity contribution is 5.43. The molecule has 108 valence electrons. The standard InChI is InChI=1S/C16H27NO2/c1-6-9-17-13(4)14-7-8-15(16(10-14)18-5)19-11-12(2)3/h7-8,10,12-13,17H,6,9,11H2,1-5H3. The molecule has 0 aliphatic rings. The summed E-state index contributed by atoms with van der Waals surface area (Å²) in [6.07, 6.45) is 1.14. The van der Waals surface area contributed by atoms with Gasteiger partial charge in [0.1, 0.15) is 0 Å². The van der Waals surface area contributed by atoms with E-state index in [2.05, 4.69) is 45.1 Å². The van der Waals surface area contributed by atoms with Gasteiger partial charge in [0.25, 0.3) is 0 Å². The van der Waals surface area contributed by atoms with Gasteiger partial charge in [-0.1, -0.05) is 26.8 Å². The van der Waals surface area contributed by atoms with E-state index in [1.807, 2.05) is 6.07 Å². The minimum Gasteiger partial charge on any atom is -0.493 e. The highest BCUT2D eigenvalue weighted by atomic mass is 16.5. The molecule has 0 spiro atoms. The van der Waals surface area contributed by atoms with E-state index in [1.54, 1.807) is 7.11 Å². The molecule has 0 saturated heterocycles. The molecule has 3 nitrogen and oxygen atoms in total. The fourth-order valence-corrected chi connectivity index (χ4v) is 1.81. The van der Waals surface area contributed by atoms with Gasteiger partial charge < -0.3 is 14.8 Å². The summed E-state index contributed by atoms with van der Waals surface area (Å²) in [6.45, 7) is 10.3. The molecule has 0 radical (unpaired) electrons. The first-order valence-corrected chi connectivity index (χ1v) is 7.12. The van der Waals surface area contributed by atoms with Gasteiger partial charge in [-0.05, 0) is 43.5 Å². The summed E-state index contributed by atoms with van der Waals surface area (Å²) < 4.78 is 11.2. The summed E-state index contributed by atoms with van der Waals surface area (Å²) >= 11 is 0. The largest absolute Gasteiger partial charge is 0.493 e. The highest BCUT2D eigenvalue weighted by Gasteiger charge is 2.10. The van der Waals surface area contributed by atoms with Crippen LogP contribution in [-0.4, -0.2) is 20.3 Å². The fraction of sp³-hybridized carbons (Fsp3) is 0.625. The number of hydrogen-bond donors (Lipinski definition) is 1. The first-order valence-electron chi connectivity index (χ1n) is 7.12. The van der Waals surface area contributed by atoms with Crippen molar-refractivity contribution in [3.63, 3.8) is 0 Å². The lowest BCUT2D eigenvalue weighted by Crippen LogP contribution is -2.19. The van der Waals surface area contributed by atoms with Crippen molar-refractivity contribution in [1.29, 1.82) is 0 Å². The second-order valence-corrected chi connectivity index (χ2v) is 5.29. The van der Waals surface area contributed by atoms with Gasteiger partial charge >= 0.3 is 0 Å².